The first-order valence-electron chi connectivity index (χ1n) is 6.57. The van der Waals surface area contributed by atoms with Gasteiger partial charge in [-0.25, -0.2) is 8.42 Å². The molecule has 1 heterocycles. The Balaban J connectivity index is 2.29. The van der Waals surface area contributed by atoms with Gasteiger partial charge in [0.05, 0.1) is 4.90 Å². The fourth-order valence-corrected chi connectivity index (χ4v) is 3.20. The number of aromatic nitrogens is 1. The third-order valence-corrected chi connectivity index (χ3v) is 4.38. The molecule has 0 radical (unpaired) electrons. The van der Waals surface area contributed by atoms with Gasteiger partial charge >= 0.3 is 0 Å². The maximum atomic E-state index is 12.4. The zero-order valence-electron chi connectivity index (χ0n) is 11.6. The van der Waals surface area contributed by atoms with Crippen LogP contribution >= 0.6 is 0 Å². The second-order valence-corrected chi connectivity index (χ2v) is 6.29. The monoisotopic (exact) mass is 294 g/mol. The van der Waals surface area contributed by atoms with Gasteiger partial charge in [0.15, 0.2) is 5.82 Å². The lowest BCUT2D eigenvalue weighted by Gasteiger charge is -2.10. The Morgan fingerprint density at radius 2 is 2.05 bits per heavy atom. The van der Waals surface area contributed by atoms with Gasteiger partial charge in [-0.15, -0.1) is 0 Å². The van der Waals surface area contributed by atoms with E-state index in [9.17, 15) is 8.42 Å². The molecule has 2 aromatic rings. The van der Waals surface area contributed by atoms with Gasteiger partial charge in [-0.1, -0.05) is 36.7 Å². The summed E-state index contributed by atoms with van der Waals surface area (Å²) in [4.78, 5) is 0.300. The van der Waals surface area contributed by atoms with Crippen LogP contribution in [0.15, 0.2) is 39.8 Å². The smallest absolute Gasteiger partial charge is 0.263 e. The second-order valence-electron chi connectivity index (χ2n) is 4.64. The molecule has 0 atom stereocenters. The van der Waals surface area contributed by atoms with Crippen LogP contribution in [0.3, 0.4) is 0 Å². The van der Waals surface area contributed by atoms with Crippen molar-refractivity contribution >= 4 is 15.8 Å². The molecule has 0 aliphatic heterocycles. The Hall–Kier alpha value is -1.82. The molecule has 5 nitrogen and oxygen atoms in total. The van der Waals surface area contributed by atoms with Crippen molar-refractivity contribution in [1.29, 1.82) is 0 Å². The maximum Gasteiger partial charge on any atom is 0.263 e. The maximum absolute atomic E-state index is 12.4. The van der Waals surface area contributed by atoms with Gasteiger partial charge in [0.2, 0.25) is 0 Å². The number of benzene rings is 1. The molecule has 6 heteroatoms. The Morgan fingerprint density at radius 3 is 2.70 bits per heavy atom. The zero-order chi connectivity index (χ0) is 14.6. The SMILES string of the molecule is CCCCc1ccccc1S(=O)(=O)Nc1cc(C)on1. The molecule has 0 amide bonds. The summed E-state index contributed by atoms with van der Waals surface area (Å²) in [6.07, 6.45) is 2.71. The lowest BCUT2D eigenvalue weighted by Crippen LogP contribution is -2.15. The molecule has 20 heavy (non-hydrogen) atoms. The van der Waals surface area contributed by atoms with Crippen LogP contribution in [0.2, 0.25) is 0 Å². The topological polar surface area (TPSA) is 72.2 Å². The lowest BCUT2D eigenvalue weighted by molar-refractivity contribution is 0.400. The number of nitrogens with one attached hydrogen (secondary N) is 1. The van der Waals surface area contributed by atoms with E-state index in [1.807, 2.05) is 12.1 Å². The first-order chi connectivity index (χ1) is 9.53. The first-order valence-corrected chi connectivity index (χ1v) is 8.05. The van der Waals surface area contributed by atoms with E-state index in [-0.39, 0.29) is 5.82 Å². The van der Waals surface area contributed by atoms with Gasteiger partial charge in [0.1, 0.15) is 5.76 Å². The highest BCUT2D eigenvalue weighted by Gasteiger charge is 2.19. The quantitative estimate of drug-likeness (QED) is 0.888. The average Bonchev–Trinajstić information content (AvgIpc) is 2.81. The predicted octanol–water partition coefficient (Wildman–Crippen LogP) is 3.13. The number of unbranched alkanes of at least 4 members (excludes halogenated alkanes) is 1. The van der Waals surface area contributed by atoms with E-state index < -0.39 is 10.0 Å². The standard InChI is InChI=1S/C14H18N2O3S/c1-3-4-7-12-8-5-6-9-13(12)20(17,18)16-14-10-11(2)19-15-14/h5-6,8-10H,3-4,7H2,1-2H3,(H,15,16). The number of hydrogen-bond donors (Lipinski definition) is 1. The highest BCUT2D eigenvalue weighted by atomic mass is 32.2. The van der Waals surface area contributed by atoms with Crippen LogP contribution in [0, 0.1) is 6.92 Å². The van der Waals surface area contributed by atoms with Crippen molar-refractivity contribution in [2.75, 3.05) is 4.72 Å². The highest BCUT2D eigenvalue weighted by Crippen LogP contribution is 2.21. The Morgan fingerprint density at radius 1 is 1.30 bits per heavy atom. The van der Waals surface area contributed by atoms with E-state index in [1.54, 1.807) is 25.1 Å². The van der Waals surface area contributed by atoms with Crippen LogP contribution in [0.5, 0.6) is 0 Å². The minimum Gasteiger partial charge on any atom is -0.360 e. The van der Waals surface area contributed by atoms with Crippen LogP contribution < -0.4 is 4.72 Å². The van der Waals surface area contributed by atoms with Gasteiger partial charge in [-0.3, -0.25) is 4.72 Å². The third kappa shape index (κ3) is 3.39. The van der Waals surface area contributed by atoms with Crippen molar-refractivity contribution in [1.82, 2.24) is 5.16 Å². The van der Waals surface area contributed by atoms with Crippen LogP contribution in [0.25, 0.3) is 0 Å². The molecule has 1 aromatic heterocycles. The molecular weight excluding hydrogens is 276 g/mol. The molecule has 0 aliphatic carbocycles. The summed E-state index contributed by atoms with van der Waals surface area (Å²) in [6, 6.07) is 8.58. The van der Waals surface area contributed by atoms with Gasteiger partial charge < -0.3 is 4.52 Å². The summed E-state index contributed by atoms with van der Waals surface area (Å²) in [6.45, 7) is 3.79. The van der Waals surface area contributed by atoms with E-state index in [0.717, 1.165) is 24.8 Å². The summed E-state index contributed by atoms with van der Waals surface area (Å²) >= 11 is 0. The van der Waals surface area contributed by atoms with Gasteiger partial charge in [-0.2, -0.15) is 0 Å². The van der Waals surface area contributed by atoms with Crippen LogP contribution in [0.1, 0.15) is 31.1 Å². The van der Waals surface area contributed by atoms with E-state index in [2.05, 4.69) is 16.8 Å². The molecule has 1 aromatic carbocycles. The fourth-order valence-electron chi connectivity index (χ4n) is 1.95. The molecule has 0 fully saturated rings. The summed E-state index contributed by atoms with van der Waals surface area (Å²) in [5.41, 5.74) is 0.821. The molecule has 2 rings (SSSR count). The molecule has 108 valence electrons. The van der Waals surface area contributed by atoms with E-state index >= 15 is 0 Å². The van der Waals surface area contributed by atoms with Crippen molar-refractivity contribution in [2.24, 2.45) is 0 Å². The van der Waals surface area contributed by atoms with Crippen LogP contribution in [-0.4, -0.2) is 13.6 Å². The number of anilines is 1. The second kappa shape index (κ2) is 6.09. The largest absolute Gasteiger partial charge is 0.360 e. The Kier molecular flexibility index (Phi) is 4.44. The van der Waals surface area contributed by atoms with E-state index in [1.165, 1.54) is 0 Å². The van der Waals surface area contributed by atoms with Gasteiger partial charge in [0.25, 0.3) is 10.0 Å². The number of nitrogens with zero attached hydrogens (tertiary/aromatic N) is 1. The predicted molar refractivity (Wildman–Crippen MR) is 77.1 cm³/mol. The molecule has 0 saturated heterocycles. The zero-order valence-corrected chi connectivity index (χ0v) is 12.4. The summed E-state index contributed by atoms with van der Waals surface area (Å²) in [7, 11) is -3.63. The van der Waals surface area contributed by atoms with Crippen molar-refractivity contribution in [3.8, 4) is 0 Å². The van der Waals surface area contributed by atoms with Crippen LogP contribution in [0.4, 0.5) is 5.82 Å². The number of aryl methyl sites for hydroxylation is 2. The van der Waals surface area contributed by atoms with Gasteiger partial charge in [-0.05, 0) is 31.4 Å². The lowest BCUT2D eigenvalue weighted by atomic mass is 10.1. The van der Waals surface area contributed by atoms with E-state index in [0.29, 0.717) is 10.7 Å². The minimum absolute atomic E-state index is 0.202. The summed E-state index contributed by atoms with van der Waals surface area (Å²) in [5.74, 6) is 0.759. The molecule has 0 unspecified atom stereocenters. The third-order valence-electron chi connectivity index (χ3n) is 2.93. The fraction of sp³-hybridized carbons (Fsp3) is 0.357. The minimum atomic E-state index is -3.63. The Labute approximate surface area is 119 Å². The molecule has 0 bridgehead atoms. The molecule has 0 spiro atoms. The summed E-state index contributed by atoms with van der Waals surface area (Å²) < 4.78 is 32.1. The normalized spacial score (nSPS) is 11.5. The molecule has 1 N–H and O–H groups in total. The average molecular weight is 294 g/mol. The molecular formula is C14H18N2O3S. The van der Waals surface area contributed by atoms with Crippen molar-refractivity contribution in [2.45, 2.75) is 38.0 Å². The molecule has 0 saturated carbocycles. The van der Waals surface area contributed by atoms with E-state index in [4.69, 9.17) is 4.52 Å². The van der Waals surface area contributed by atoms with Crippen molar-refractivity contribution < 1.29 is 12.9 Å². The molecule has 0 aliphatic rings. The number of sulfonamides is 1. The van der Waals surface area contributed by atoms with Gasteiger partial charge in [0, 0.05) is 6.07 Å². The van der Waals surface area contributed by atoms with Crippen molar-refractivity contribution in [3.63, 3.8) is 0 Å². The Bertz CT molecular complexity index is 677. The van der Waals surface area contributed by atoms with Crippen molar-refractivity contribution in [3.05, 3.63) is 41.7 Å². The summed E-state index contributed by atoms with van der Waals surface area (Å²) in [5, 5.41) is 3.65. The first kappa shape index (κ1) is 14.6. The highest BCUT2D eigenvalue weighted by molar-refractivity contribution is 7.92. The number of hydrogen-bond acceptors (Lipinski definition) is 4. The number of rotatable bonds is 6. The van der Waals surface area contributed by atoms with Crippen LogP contribution in [-0.2, 0) is 16.4 Å².